The number of anilines is 1. The first-order valence-corrected chi connectivity index (χ1v) is 6.17. The Hall–Kier alpha value is -1.74. The van der Waals surface area contributed by atoms with Crippen LogP contribution in [0.25, 0.3) is 0 Å². The van der Waals surface area contributed by atoms with Crippen molar-refractivity contribution in [1.82, 2.24) is 5.32 Å². The number of benzene rings is 1. The van der Waals surface area contributed by atoms with E-state index in [1.807, 2.05) is 19.2 Å². The summed E-state index contributed by atoms with van der Waals surface area (Å²) < 4.78 is 5.41. The van der Waals surface area contributed by atoms with Crippen molar-refractivity contribution < 1.29 is 4.42 Å². The molecule has 0 bridgehead atoms. The molecular formula is C15H20N2O. The van der Waals surface area contributed by atoms with Gasteiger partial charge in [-0.3, -0.25) is 0 Å². The number of rotatable bonds is 5. The van der Waals surface area contributed by atoms with Crippen molar-refractivity contribution in [2.45, 2.75) is 12.5 Å². The van der Waals surface area contributed by atoms with Gasteiger partial charge >= 0.3 is 0 Å². The predicted molar refractivity (Wildman–Crippen MR) is 75.0 cm³/mol. The van der Waals surface area contributed by atoms with Crippen molar-refractivity contribution >= 4 is 5.69 Å². The molecule has 1 aromatic carbocycles. The van der Waals surface area contributed by atoms with E-state index in [4.69, 9.17) is 4.42 Å². The van der Waals surface area contributed by atoms with Gasteiger partial charge in [0, 0.05) is 32.2 Å². The molecule has 0 aliphatic rings. The minimum atomic E-state index is 0.274. The zero-order valence-electron chi connectivity index (χ0n) is 11.2. The second-order valence-electron chi connectivity index (χ2n) is 4.61. The molecule has 2 aromatic rings. The van der Waals surface area contributed by atoms with E-state index < -0.39 is 0 Å². The molecule has 0 aliphatic carbocycles. The van der Waals surface area contributed by atoms with Crippen LogP contribution >= 0.6 is 0 Å². The maximum atomic E-state index is 5.41. The number of furan rings is 1. The Morgan fingerprint density at radius 2 is 2.06 bits per heavy atom. The molecule has 0 fully saturated rings. The Morgan fingerprint density at radius 3 is 2.67 bits per heavy atom. The lowest BCUT2D eigenvalue weighted by Gasteiger charge is -2.19. The van der Waals surface area contributed by atoms with Gasteiger partial charge in [0.05, 0.1) is 6.26 Å². The topological polar surface area (TPSA) is 28.4 Å². The van der Waals surface area contributed by atoms with Crippen molar-refractivity contribution in [2.75, 3.05) is 26.0 Å². The van der Waals surface area contributed by atoms with E-state index in [2.05, 4.69) is 48.6 Å². The second kappa shape index (κ2) is 5.74. The molecule has 0 saturated carbocycles. The third-order valence-electron chi connectivity index (χ3n) is 3.12. The number of nitrogens with one attached hydrogen (secondary N) is 1. The first kappa shape index (κ1) is 12.7. The van der Waals surface area contributed by atoms with E-state index in [-0.39, 0.29) is 6.04 Å². The van der Waals surface area contributed by atoms with E-state index in [1.54, 1.807) is 6.26 Å². The summed E-state index contributed by atoms with van der Waals surface area (Å²) in [4.78, 5) is 2.11. The number of likely N-dealkylation sites (N-methyl/N-ethyl adjacent to an activating group) is 1. The van der Waals surface area contributed by atoms with Crippen molar-refractivity contribution in [2.24, 2.45) is 0 Å². The van der Waals surface area contributed by atoms with Crippen LogP contribution in [0.1, 0.15) is 17.4 Å². The van der Waals surface area contributed by atoms with Crippen molar-refractivity contribution in [3.05, 3.63) is 54.0 Å². The molecule has 0 radical (unpaired) electrons. The molecule has 0 amide bonds. The van der Waals surface area contributed by atoms with Crippen LogP contribution in [-0.4, -0.2) is 21.1 Å². The highest BCUT2D eigenvalue weighted by atomic mass is 16.3. The highest BCUT2D eigenvalue weighted by molar-refractivity contribution is 5.48. The van der Waals surface area contributed by atoms with Gasteiger partial charge in [0.15, 0.2) is 0 Å². The smallest absolute Gasteiger partial charge is 0.105 e. The van der Waals surface area contributed by atoms with Gasteiger partial charge in [0.2, 0.25) is 0 Å². The maximum absolute atomic E-state index is 5.41. The average molecular weight is 244 g/mol. The summed E-state index contributed by atoms with van der Waals surface area (Å²) >= 11 is 0. The van der Waals surface area contributed by atoms with Crippen molar-refractivity contribution in [1.29, 1.82) is 0 Å². The number of nitrogens with zero attached hydrogens (tertiary/aromatic N) is 1. The van der Waals surface area contributed by atoms with E-state index in [0.29, 0.717) is 0 Å². The third kappa shape index (κ3) is 2.93. The lowest BCUT2D eigenvalue weighted by atomic mass is 10.0. The lowest BCUT2D eigenvalue weighted by Crippen LogP contribution is -2.19. The normalized spacial score (nSPS) is 12.4. The summed E-state index contributed by atoms with van der Waals surface area (Å²) in [5.41, 5.74) is 2.49. The van der Waals surface area contributed by atoms with Crippen LogP contribution in [0, 0.1) is 0 Å². The Bertz CT molecular complexity index is 477. The van der Waals surface area contributed by atoms with E-state index in [0.717, 1.165) is 12.2 Å². The third-order valence-corrected chi connectivity index (χ3v) is 3.12. The average Bonchev–Trinajstić information content (AvgIpc) is 2.89. The molecule has 1 aromatic heterocycles. The monoisotopic (exact) mass is 244 g/mol. The van der Waals surface area contributed by atoms with Crippen molar-refractivity contribution in [3.63, 3.8) is 0 Å². The molecule has 1 heterocycles. The van der Waals surface area contributed by atoms with Gasteiger partial charge in [-0.1, -0.05) is 12.1 Å². The fraction of sp³-hybridized carbons (Fsp3) is 0.333. The maximum Gasteiger partial charge on any atom is 0.105 e. The molecular weight excluding hydrogens is 224 g/mol. The molecule has 1 N–H and O–H groups in total. The van der Waals surface area contributed by atoms with Gasteiger partial charge in [-0.2, -0.15) is 0 Å². The Morgan fingerprint density at radius 1 is 1.22 bits per heavy atom. The summed E-state index contributed by atoms with van der Waals surface area (Å²) in [6.07, 6.45) is 2.58. The lowest BCUT2D eigenvalue weighted by molar-refractivity contribution is 0.466. The minimum Gasteiger partial charge on any atom is -0.469 e. The van der Waals surface area contributed by atoms with Crippen LogP contribution in [-0.2, 0) is 6.42 Å². The van der Waals surface area contributed by atoms with E-state index in [1.165, 1.54) is 11.3 Å². The molecule has 18 heavy (non-hydrogen) atoms. The molecule has 1 unspecified atom stereocenters. The standard InChI is InChI=1S/C15H20N2O/c1-16-15(11-14-8-5-9-18-14)12-6-4-7-13(10-12)17(2)3/h4-10,15-16H,11H2,1-3H3. The van der Waals surface area contributed by atoms with Crippen LogP contribution in [0.4, 0.5) is 5.69 Å². The molecule has 3 heteroatoms. The molecule has 0 spiro atoms. The number of hydrogen-bond acceptors (Lipinski definition) is 3. The van der Waals surface area contributed by atoms with Gasteiger partial charge in [0.1, 0.15) is 5.76 Å². The highest BCUT2D eigenvalue weighted by Gasteiger charge is 2.12. The molecule has 96 valence electrons. The molecule has 2 rings (SSSR count). The molecule has 0 saturated heterocycles. The first-order chi connectivity index (χ1) is 8.70. The minimum absolute atomic E-state index is 0.274. The summed E-state index contributed by atoms with van der Waals surface area (Å²) in [7, 11) is 6.09. The summed E-state index contributed by atoms with van der Waals surface area (Å²) in [6.45, 7) is 0. The Kier molecular flexibility index (Phi) is 4.05. The SMILES string of the molecule is CNC(Cc1ccco1)c1cccc(N(C)C)c1. The van der Waals surface area contributed by atoms with Gasteiger partial charge in [-0.15, -0.1) is 0 Å². The van der Waals surface area contributed by atoms with Crippen LogP contribution < -0.4 is 10.2 Å². The zero-order valence-corrected chi connectivity index (χ0v) is 11.2. The van der Waals surface area contributed by atoms with E-state index >= 15 is 0 Å². The van der Waals surface area contributed by atoms with Crippen molar-refractivity contribution in [3.8, 4) is 0 Å². The first-order valence-electron chi connectivity index (χ1n) is 6.17. The zero-order chi connectivity index (χ0) is 13.0. The van der Waals surface area contributed by atoms with Crippen LogP contribution in [0.2, 0.25) is 0 Å². The van der Waals surface area contributed by atoms with Crippen LogP contribution in [0.3, 0.4) is 0 Å². The Balaban J connectivity index is 2.19. The summed E-state index contributed by atoms with van der Waals surface area (Å²) in [5, 5.41) is 3.34. The second-order valence-corrected chi connectivity index (χ2v) is 4.61. The van der Waals surface area contributed by atoms with Crippen LogP contribution in [0.5, 0.6) is 0 Å². The summed E-state index contributed by atoms with van der Waals surface area (Å²) in [5.74, 6) is 1.00. The van der Waals surface area contributed by atoms with E-state index in [9.17, 15) is 0 Å². The fourth-order valence-electron chi connectivity index (χ4n) is 2.04. The van der Waals surface area contributed by atoms with Crippen LogP contribution in [0.15, 0.2) is 47.1 Å². The molecule has 0 aliphatic heterocycles. The predicted octanol–water partition coefficient (Wildman–Crippen LogP) is 2.85. The number of hydrogen-bond donors (Lipinski definition) is 1. The quantitative estimate of drug-likeness (QED) is 0.876. The summed E-state index contributed by atoms with van der Waals surface area (Å²) in [6, 6.07) is 12.8. The van der Waals surface area contributed by atoms with Gasteiger partial charge in [-0.05, 0) is 36.9 Å². The fourth-order valence-corrected chi connectivity index (χ4v) is 2.04. The largest absolute Gasteiger partial charge is 0.469 e. The molecule has 3 nitrogen and oxygen atoms in total. The van der Waals surface area contributed by atoms with Gasteiger partial charge in [-0.25, -0.2) is 0 Å². The Labute approximate surface area is 108 Å². The van der Waals surface area contributed by atoms with Gasteiger partial charge < -0.3 is 14.6 Å². The molecule has 1 atom stereocenters. The van der Waals surface area contributed by atoms with Gasteiger partial charge in [0.25, 0.3) is 0 Å². The highest BCUT2D eigenvalue weighted by Crippen LogP contribution is 2.22.